The Morgan fingerprint density at radius 3 is 2.45 bits per heavy atom. The first-order valence-corrected chi connectivity index (χ1v) is 7.01. The van der Waals surface area contributed by atoms with E-state index in [4.69, 9.17) is 5.11 Å². The average Bonchev–Trinajstić information content (AvgIpc) is 2.36. The van der Waals surface area contributed by atoms with E-state index in [2.05, 4.69) is 0 Å². The number of benzene rings is 1. The van der Waals surface area contributed by atoms with Crippen molar-refractivity contribution in [1.29, 1.82) is 0 Å². The molecule has 0 aliphatic heterocycles. The number of hydrogen-bond acceptors (Lipinski definition) is 2. The molecule has 1 fully saturated rings. The summed E-state index contributed by atoms with van der Waals surface area (Å²) >= 11 is 0. The van der Waals surface area contributed by atoms with Crippen LogP contribution in [0.15, 0.2) is 24.3 Å². The SMILES string of the molecule is Cc1ccccc1C1(C(=O)N(C)CCC(=O)O)CCC1. The number of hydrogen-bond donors (Lipinski definition) is 1. The summed E-state index contributed by atoms with van der Waals surface area (Å²) in [6, 6.07) is 7.99. The third-order valence-electron chi connectivity index (χ3n) is 4.28. The molecule has 1 aromatic rings. The fourth-order valence-electron chi connectivity index (χ4n) is 2.97. The third kappa shape index (κ3) is 2.55. The Hall–Kier alpha value is -1.84. The van der Waals surface area contributed by atoms with Gasteiger partial charge in [0, 0.05) is 13.6 Å². The summed E-state index contributed by atoms with van der Waals surface area (Å²) in [5.74, 6) is -0.817. The van der Waals surface area contributed by atoms with Gasteiger partial charge in [-0.1, -0.05) is 30.7 Å². The second-order valence-corrected chi connectivity index (χ2v) is 5.62. The fraction of sp³-hybridized carbons (Fsp3) is 0.500. The first-order valence-electron chi connectivity index (χ1n) is 7.01. The van der Waals surface area contributed by atoms with Crippen molar-refractivity contribution < 1.29 is 14.7 Å². The van der Waals surface area contributed by atoms with Gasteiger partial charge in [0.15, 0.2) is 0 Å². The summed E-state index contributed by atoms with van der Waals surface area (Å²) in [7, 11) is 1.70. The molecule has 1 aliphatic carbocycles. The zero-order valence-electron chi connectivity index (χ0n) is 12.1. The molecule has 0 bridgehead atoms. The highest BCUT2D eigenvalue weighted by Crippen LogP contribution is 2.46. The van der Waals surface area contributed by atoms with Gasteiger partial charge in [-0.05, 0) is 30.9 Å². The Bertz CT molecular complexity index is 520. The van der Waals surface area contributed by atoms with E-state index in [1.54, 1.807) is 11.9 Å². The summed E-state index contributed by atoms with van der Waals surface area (Å²) in [5.41, 5.74) is 1.80. The van der Waals surface area contributed by atoms with Crippen molar-refractivity contribution in [2.45, 2.75) is 38.0 Å². The molecule has 1 aromatic carbocycles. The van der Waals surface area contributed by atoms with E-state index in [9.17, 15) is 9.59 Å². The molecule has 0 unspecified atom stereocenters. The van der Waals surface area contributed by atoms with Crippen molar-refractivity contribution in [1.82, 2.24) is 4.90 Å². The van der Waals surface area contributed by atoms with Gasteiger partial charge in [0.2, 0.25) is 5.91 Å². The van der Waals surface area contributed by atoms with Crippen LogP contribution in [-0.2, 0) is 15.0 Å². The molecule has 0 spiro atoms. The van der Waals surface area contributed by atoms with Crippen molar-refractivity contribution in [3.05, 3.63) is 35.4 Å². The molecule has 1 saturated carbocycles. The molecular formula is C16H21NO3. The molecule has 4 nitrogen and oxygen atoms in total. The van der Waals surface area contributed by atoms with E-state index in [0.29, 0.717) is 0 Å². The van der Waals surface area contributed by atoms with Crippen LogP contribution in [0.4, 0.5) is 0 Å². The molecule has 4 heteroatoms. The summed E-state index contributed by atoms with van der Waals surface area (Å²) in [5, 5.41) is 8.74. The largest absolute Gasteiger partial charge is 0.481 e. The zero-order valence-corrected chi connectivity index (χ0v) is 12.1. The van der Waals surface area contributed by atoms with Crippen LogP contribution in [0.1, 0.15) is 36.8 Å². The number of carboxylic acids is 1. The van der Waals surface area contributed by atoms with Gasteiger partial charge in [0.1, 0.15) is 0 Å². The number of nitrogens with zero attached hydrogens (tertiary/aromatic N) is 1. The Morgan fingerprint density at radius 2 is 1.95 bits per heavy atom. The molecule has 0 saturated heterocycles. The maximum absolute atomic E-state index is 12.7. The predicted octanol–water partition coefficient (Wildman–Crippen LogP) is 2.35. The first kappa shape index (κ1) is 14.6. The third-order valence-corrected chi connectivity index (χ3v) is 4.28. The van der Waals surface area contributed by atoms with E-state index in [1.807, 2.05) is 31.2 Å². The van der Waals surface area contributed by atoms with Crippen molar-refractivity contribution in [2.24, 2.45) is 0 Å². The van der Waals surface area contributed by atoms with Gasteiger partial charge in [-0.3, -0.25) is 9.59 Å². The Kier molecular flexibility index (Phi) is 4.12. The summed E-state index contributed by atoms with van der Waals surface area (Å²) in [6.07, 6.45) is 2.75. The summed E-state index contributed by atoms with van der Waals surface area (Å²) in [4.78, 5) is 25.0. The highest BCUT2D eigenvalue weighted by atomic mass is 16.4. The smallest absolute Gasteiger partial charge is 0.305 e. The highest BCUT2D eigenvalue weighted by Gasteiger charge is 2.47. The van der Waals surface area contributed by atoms with Gasteiger partial charge < -0.3 is 10.0 Å². The maximum atomic E-state index is 12.7. The molecule has 108 valence electrons. The maximum Gasteiger partial charge on any atom is 0.305 e. The standard InChI is InChI=1S/C16H21NO3/c1-12-6-3-4-7-13(12)16(9-5-10-16)15(20)17(2)11-8-14(18)19/h3-4,6-7H,5,8-11H2,1-2H3,(H,18,19). The molecular weight excluding hydrogens is 254 g/mol. The zero-order chi connectivity index (χ0) is 14.8. The Balaban J connectivity index is 2.21. The second-order valence-electron chi connectivity index (χ2n) is 5.62. The van der Waals surface area contributed by atoms with E-state index in [0.717, 1.165) is 30.4 Å². The van der Waals surface area contributed by atoms with Crippen LogP contribution in [0.25, 0.3) is 0 Å². The molecule has 0 aromatic heterocycles. The Labute approximate surface area is 119 Å². The minimum Gasteiger partial charge on any atom is -0.481 e. The lowest BCUT2D eigenvalue weighted by atomic mass is 9.62. The van der Waals surface area contributed by atoms with Gasteiger partial charge in [-0.15, -0.1) is 0 Å². The Morgan fingerprint density at radius 1 is 1.30 bits per heavy atom. The van der Waals surface area contributed by atoms with Crippen molar-refractivity contribution in [3.8, 4) is 0 Å². The van der Waals surface area contributed by atoms with Crippen LogP contribution in [-0.4, -0.2) is 35.5 Å². The predicted molar refractivity (Wildman–Crippen MR) is 76.6 cm³/mol. The molecule has 0 radical (unpaired) electrons. The van der Waals surface area contributed by atoms with Crippen LogP contribution in [0.3, 0.4) is 0 Å². The molecule has 0 atom stereocenters. The normalized spacial score (nSPS) is 16.3. The van der Waals surface area contributed by atoms with Gasteiger partial charge >= 0.3 is 5.97 Å². The lowest BCUT2D eigenvalue weighted by molar-refractivity contribution is -0.141. The molecule has 1 aliphatic rings. The second kappa shape index (κ2) is 5.65. The number of carboxylic acid groups (broad SMARTS) is 1. The first-order chi connectivity index (χ1) is 9.47. The topological polar surface area (TPSA) is 57.6 Å². The summed E-state index contributed by atoms with van der Waals surface area (Å²) < 4.78 is 0. The van der Waals surface area contributed by atoms with Crippen LogP contribution < -0.4 is 0 Å². The van der Waals surface area contributed by atoms with Crippen LogP contribution in [0, 0.1) is 6.92 Å². The van der Waals surface area contributed by atoms with E-state index in [-0.39, 0.29) is 18.9 Å². The van der Waals surface area contributed by atoms with E-state index < -0.39 is 11.4 Å². The molecule has 0 heterocycles. The monoisotopic (exact) mass is 275 g/mol. The summed E-state index contributed by atoms with van der Waals surface area (Å²) in [6.45, 7) is 2.29. The minimum atomic E-state index is -0.872. The molecule has 20 heavy (non-hydrogen) atoms. The van der Waals surface area contributed by atoms with Crippen molar-refractivity contribution in [3.63, 3.8) is 0 Å². The van der Waals surface area contributed by atoms with E-state index >= 15 is 0 Å². The van der Waals surface area contributed by atoms with E-state index in [1.165, 1.54) is 0 Å². The number of aliphatic carboxylic acids is 1. The number of aryl methyl sites for hydroxylation is 1. The minimum absolute atomic E-state index is 0.00785. The number of carbonyl (C=O) groups is 2. The van der Waals surface area contributed by atoms with Crippen LogP contribution >= 0.6 is 0 Å². The number of amides is 1. The van der Waals surface area contributed by atoms with Gasteiger partial charge in [-0.2, -0.15) is 0 Å². The fourth-order valence-corrected chi connectivity index (χ4v) is 2.97. The lowest BCUT2D eigenvalue weighted by Crippen LogP contribution is -2.50. The molecule has 2 rings (SSSR count). The number of rotatable bonds is 5. The highest BCUT2D eigenvalue weighted by molar-refractivity contribution is 5.89. The van der Waals surface area contributed by atoms with Gasteiger partial charge in [0.25, 0.3) is 0 Å². The quantitative estimate of drug-likeness (QED) is 0.897. The number of carbonyl (C=O) groups excluding carboxylic acids is 1. The molecule has 1 amide bonds. The van der Waals surface area contributed by atoms with Crippen LogP contribution in [0.2, 0.25) is 0 Å². The van der Waals surface area contributed by atoms with Crippen LogP contribution in [0.5, 0.6) is 0 Å². The van der Waals surface area contributed by atoms with Gasteiger partial charge in [0.05, 0.1) is 11.8 Å². The van der Waals surface area contributed by atoms with Gasteiger partial charge in [-0.25, -0.2) is 0 Å². The van der Waals surface area contributed by atoms with Crippen molar-refractivity contribution in [2.75, 3.05) is 13.6 Å². The van der Waals surface area contributed by atoms with Crippen molar-refractivity contribution >= 4 is 11.9 Å². The lowest BCUT2D eigenvalue weighted by Gasteiger charge is -2.44. The average molecular weight is 275 g/mol. The molecule has 1 N–H and O–H groups in total. The number of likely N-dealkylation sites (N-methyl/N-ethyl adjacent to an activating group) is 1.